The van der Waals surface area contributed by atoms with E-state index in [9.17, 15) is 4.79 Å². The molecule has 1 atom stereocenters. The second-order valence-electron chi connectivity index (χ2n) is 6.28. The quantitative estimate of drug-likeness (QED) is 0.902. The molecule has 1 saturated carbocycles. The Hall–Kier alpha value is -1.56. The number of benzene rings is 1. The number of fused-ring (bicyclic) bond motifs is 1. The first-order chi connectivity index (χ1) is 11.2. The van der Waals surface area contributed by atoms with Gasteiger partial charge in [0.05, 0.1) is 11.6 Å². The molecule has 1 saturated heterocycles. The smallest absolute Gasteiger partial charge is 0.253 e. The van der Waals surface area contributed by atoms with Gasteiger partial charge in [-0.2, -0.15) is 0 Å². The third-order valence-electron chi connectivity index (χ3n) is 4.52. The van der Waals surface area contributed by atoms with Crippen molar-refractivity contribution in [3.8, 4) is 0 Å². The summed E-state index contributed by atoms with van der Waals surface area (Å²) in [5, 5.41) is 4.97. The van der Waals surface area contributed by atoms with Crippen LogP contribution in [0.2, 0.25) is 5.02 Å². The van der Waals surface area contributed by atoms with E-state index >= 15 is 0 Å². The highest BCUT2D eigenvalue weighted by atomic mass is 35.5. The molecule has 2 fully saturated rings. The largest absolute Gasteiger partial charge is 0.366 e. The van der Waals surface area contributed by atoms with Crippen molar-refractivity contribution in [1.82, 2.24) is 15.2 Å². The lowest BCUT2D eigenvalue weighted by Gasteiger charge is -2.30. The van der Waals surface area contributed by atoms with Crippen molar-refractivity contribution >= 4 is 28.4 Å². The van der Waals surface area contributed by atoms with Crippen molar-refractivity contribution in [2.24, 2.45) is 0 Å². The number of hydrogen-bond acceptors (Lipinski definition) is 3. The van der Waals surface area contributed by atoms with Gasteiger partial charge >= 0.3 is 0 Å². The third kappa shape index (κ3) is 3.09. The van der Waals surface area contributed by atoms with Crippen LogP contribution in [0, 0.1) is 0 Å². The molecule has 2 heterocycles. The minimum atomic E-state index is -0.354. The van der Waals surface area contributed by atoms with Gasteiger partial charge in [-0.15, -0.1) is 0 Å². The first-order valence-electron chi connectivity index (χ1n) is 8.10. The first-order valence-corrected chi connectivity index (χ1v) is 8.48. The van der Waals surface area contributed by atoms with Crippen molar-refractivity contribution in [2.75, 3.05) is 19.7 Å². The molecule has 6 heteroatoms. The normalized spacial score (nSPS) is 21.5. The lowest BCUT2D eigenvalue weighted by Crippen LogP contribution is -2.49. The van der Waals surface area contributed by atoms with Crippen LogP contribution in [-0.4, -0.2) is 47.6 Å². The number of halogens is 1. The van der Waals surface area contributed by atoms with E-state index < -0.39 is 0 Å². The summed E-state index contributed by atoms with van der Waals surface area (Å²) in [6.45, 7) is 2.64. The van der Waals surface area contributed by atoms with Crippen LogP contribution < -0.4 is 5.32 Å². The monoisotopic (exact) mass is 333 g/mol. The highest BCUT2D eigenvalue weighted by molar-refractivity contribution is 6.35. The number of amides is 1. The average Bonchev–Trinajstić information content (AvgIpc) is 3.37. The minimum Gasteiger partial charge on any atom is -0.366 e. The van der Waals surface area contributed by atoms with Gasteiger partial charge in [0.1, 0.15) is 6.10 Å². The zero-order valence-corrected chi connectivity index (χ0v) is 13.6. The van der Waals surface area contributed by atoms with Crippen LogP contribution in [0.1, 0.15) is 18.4 Å². The number of ether oxygens (including phenoxy) is 1. The summed E-state index contributed by atoms with van der Waals surface area (Å²) >= 11 is 6.12. The fourth-order valence-electron chi connectivity index (χ4n) is 3.12. The number of rotatable bonds is 4. The fourth-order valence-corrected chi connectivity index (χ4v) is 3.33. The van der Waals surface area contributed by atoms with Gasteiger partial charge in [0, 0.05) is 42.8 Å². The van der Waals surface area contributed by atoms with Crippen molar-refractivity contribution < 1.29 is 9.53 Å². The van der Waals surface area contributed by atoms with Crippen molar-refractivity contribution in [3.05, 3.63) is 35.0 Å². The Balaban J connectivity index is 1.53. The zero-order valence-electron chi connectivity index (χ0n) is 12.8. The SMILES string of the molecule is O=C([C@H]1CNCCO1)N(Cc1ccc2c(Cl)c[nH]c2c1)C1CC1. The van der Waals surface area contributed by atoms with Crippen LogP contribution in [0.15, 0.2) is 24.4 Å². The second-order valence-corrected chi connectivity index (χ2v) is 6.68. The first kappa shape index (κ1) is 15.0. The molecule has 1 aromatic carbocycles. The molecule has 2 aromatic rings. The molecule has 0 unspecified atom stereocenters. The maximum Gasteiger partial charge on any atom is 0.253 e. The van der Waals surface area contributed by atoms with Gasteiger partial charge in [0.2, 0.25) is 0 Å². The number of morpholine rings is 1. The molecular formula is C17H20ClN3O2. The number of aromatic nitrogens is 1. The van der Waals surface area contributed by atoms with Gasteiger partial charge in [-0.3, -0.25) is 4.79 Å². The molecule has 1 aromatic heterocycles. The fraction of sp³-hybridized carbons (Fsp3) is 0.471. The maximum absolute atomic E-state index is 12.8. The molecule has 1 aliphatic carbocycles. The minimum absolute atomic E-state index is 0.101. The van der Waals surface area contributed by atoms with Crippen LogP contribution in [0.4, 0.5) is 0 Å². The van der Waals surface area contributed by atoms with Gasteiger partial charge in [-0.25, -0.2) is 0 Å². The Morgan fingerprint density at radius 3 is 3.00 bits per heavy atom. The van der Waals surface area contributed by atoms with Crippen LogP contribution >= 0.6 is 11.6 Å². The second kappa shape index (κ2) is 6.15. The molecule has 0 spiro atoms. The predicted octanol–water partition coefficient (Wildman–Crippen LogP) is 2.30. The molecule has 23 heavy (non-hydrogen) atoms. The van der Waals surface area contributed by atoms with E-state index in [0.717, 1.165) is 40.9 Å². The van der Waals surface area contributed by atoms with Crippen LogP contribution in [-0.2, 0) is 16.1 Å². The van der Waals surface area contributed by atoms with E-state index in [1.54, 1.807) is 6.20 Å². The zero-order chi connectivity index (χ0) is 15.8. The summed E-state index contributed by atoms with van der Waals surface area (Å²) in [5.74, 6) is 0.101. The van der Waals surface area contributed by atoms with Gasteiger partial charge in [0.25, 0.3) is 5.91 Å². The van der Waals surface area contributed by atoms with Gasteiger partial charge in [0.15, 0.2) is 0 Å². The maximum atomic E-state index is 12.8. The molecule has 1 aliphatic heterocycles. The standard InChI is InChI=1S/C17H20ClN3O2/c18-14-8-20-15-7-11(1-4-13(14)15)10-21(12-2-3-12)17(22)16-9-19-5-6-23-16/h1,4,7-8,12,16,19-20H,2-3,5-6,9-10H2/t16-/m1/s1. The molecule has 5 nitrogen and oxygen atoms in total. The van der Waals surface area contributed by atoms with E-state index in [1.807, 2.05) is 17.0 Å². The van der Waals surface area contributed by atoms with E-state index in [0.29, 0.717) is 25.7 Å². The number of H-pyrrole nitrogens is 1. The summed E-state index contributed by atoms with van der Waals surface area (Å²) in [6.07, 6.45) is 3.61. The molecule has 2 N–H and O–H groups in total. The highest BCUT2D eigenvalue weighted by Crippen LogP contribution is 2.30. The average molecular weight is 334 g/mol. The summed E-state index contributed by atoms with van der Waals surface area (Å²) < 4.78 is 5.63. The topological polar surface area (TPSA) is 57.4 Å². The van der Waals surface area contributed by atoms with Gasteiger partial charge < -0.3 is 19.9 Å². The lowest BCUT2D eigenvalue weighted by atomic mass is 10.1. The van der Waals surface area contributed by atoms with Crippen LogP contribution in [0.5, 0.6) is 0 Å². The number of carbonyl (C=O) groups excluding carboxylic acids is 1. The number of carbonyl (C=O) groups is 1. The number of aromatic amines is 1. The van der Waals surface area contributed by atoms with Crippen LogP contribution in [0.3, 0.4) is 0 Å². The molecule has 0 radical (unpaired) electrons. The van der Waals surface area contributed by atoms with E-state index in [4.69, 9.17) is 16.3 Å². The molecular weight excluding hydrogens is 314 g/mol. The molecule has 2 aliphatic rings. The highest BCUT2D eigenvalue weighted by Gasteiger charge is 2.36. The number of nitrogens with one attached hydrogen (secondary N) is 2. The van der Waals surface area contributed by atoms with E-state index in [-0.39, 0.29) is 12.0 Å². The van der Waals surface area contributed by atoms with Gasteiger partial charge in [-0.1, -0.05) is 23.7 Å². The third-order valence-corrected chi connectivity index (χ3v) is 4.84. The summed E-state index contributed by atoms with van der Waals surface area (Å²) in [5.41, 5.74) is 2.12. The van der Waals surface area contributed by atoms with Crippen molar-refractivity contribution in [3.63, 3.8) is 0 Å². The molecule has 0 bridgehead atoms. The summed E-state index contributed by atoms with van der Waals surface area (Å²) in [7, 11) is 0. The van der Waals surface area contributed by atoms with Gasteiger partial charge in [-0.05, 0) is 24.5 Å². The molecule has 122 valence electrons. The molecule has 4 rings (SSSR count). The Labute approximate surface area is 139 Å². The summed E-state index contributed by atoms with van der Waals surface area (Å²) in [6, 6.07) is 6.49. The Morgan fingerprint density at radius 1 is 1.39 bits per heavy atom. The summed E-state index contributed by atoms with van der Waals surface area (Å²) in [4.78, 5) is 17.9. The Kier molecular flexibility index (Phi) is 4.01. The Bertz CT molecular complexity index is 720. The van der Waals surface area contributed by atoms with Crippen molar-refractivity contribution in [1.29, 1.82) is 0 Å². The molecule has 1 amide bonds. The number of nitrogens with zero attached hydrogens (tertiary/aromatic N) is 1. The Morgan fingerprint density at radius 2 is 2.26 bits per heavy atom. The predicted molar refractivity (Wildman–Crippen MR) is 89.5 cm³/mol. The number of hydrogen-bond donors (Lipinski definition) is 2. The van der Waals surface area contributed by atoms with Crippen LogP contribution in [0.25, 0.3) is 10.9 Å². The van der Waals surface area contributed by atoms with E-state index in [2.05, 4.69) is 16.4 Å². The lowest BCUT2D eigenvalue weighted by molar-refractivity contribution is -0.146. The van der Waals surface area contributed by atoms with Crippen molar-refractivity contribution in [2.45, 2.75) is 31.5 Å². The van der Waals surface area contributed by atoms with E-state index in [1.165, 1.54) is 0 Å².